The number of rotatable bonds is 3. The van der Waals surface area contributed by atoms with E-state index in [0.717, 1.165) is 85.2 Å². The number of fused-ring (bicyclic) bond motifs is 15. The number of para-hydroxylation sites is 2. The van der Waals surface area contributed by atoms with Gasteiger partial charge in [0, 0.05) is 75.8 Å². The minimum Gasteiger partial charge on any atom is -0.460 e. The van der Waals surface area contributed by atoms with E-state index >= 15 is 0 Å². The maximum absolute atomic E-state index is 7.21. The molecule has 6 aromatic carbocycles. The molecule has 0 amide bonds. The first kappa shape index (κ1) is 29.1. The van der Waals surface area contributed by atoms with Gasteiger partial charge in [0.05, 0.1) is 27.9 Å². The monoisotopic (exact) mass is 701 g/mol. The molecule has 1 aliphatic rings. The van der Waals surface area contributed by atoms with E-state index in [2.05, 4.69) is 137 Å². The molecule has 53 heavy (non-hydrogen) atoms. The lowest BCUT2D eigenvalue weighted by atomic mass is 10.0. The zero-order valence-corrected chi connectivity index (χ0v) is 29.6. The highest BCUT2D eigenvalue weighted by Crippen LogP contribution is 2.48. The third kappa shape index (κ3) is 3.85. The van der Waals surface area contributed by atoms with Gasteiger partial charge in [0.1, 0.15) is 22.5 Å². The Bertz CT molecular complexity index is 3430. The van der Waals surface area contributed by atoms with E-state index < -0.39 is 0 Å². The van der Waals surface area contributed by atoms with Crippen LogP contribution < -0.4 is 5.73 Å². The van der Waals surface area contributed by atoms with Crippen LogP contribution in [0.15, 0.2) is 130 Å². The van der Waals surface area contributed by atoms with Gasteiger partial charge in [0.2, 0.25) is 0 Å². The van der Waals surface area contributed by atoms with Gasteiger partial charge < -0.3 is 23.7 Å². The fourth-order valence-electron chi connectivity index (χ4n) is 8.97. The molecule has 0 bridgehead atoms. The number of benzene rings is 6. The molecule has 12 rings (SSSR count). The van der Waals surface area contributed by atoms with Crippen molar-refractivity contribution in [1.29, 1.82) is 0 Å². The largest absolute Gasteiger partial charge is 0.460 e. The zero-order valence-electron chi connectivity index (χ0n) is 28.8. The van der Waals surface area contributed by atoms with Gasteiger partial charge in [-0.3, -0.25) is 0 Å². The molecule has 5 aromatic heterocycles. The maximum atomic E-state index is 7.21. The lowest BCUT2D eigenvalue weighted by molar-refractivity contribution is 0.546. The van der Waals surface area contributed by atoms with Gasteiger partial charge in [-0.05, 0) is 80.1 Å². The van der Waals surface area contributed by atoms with E-state index in [1.54, 1.807) is 0 Å². The highest BCUT2D eigenvalue weighted by atomic mass is 32.1. The number of allylic oxidation sites excluding steroid dienone is 2. The second kappa shape index (κ2) is 10.5. The Morgan fingerprint density at radius 1 is 0.623 bits per heavy atom. The Kier molecular flexibility index (Phi) is 5.79. The summed E-state index contributed by atoms with van der Waals surface area (Å²) in [4.78, 5) is 0. The minimum atomic E-state index is 0.795. The van der Waals surface area contributed by atoms with Crippen molar-refractivity contribution < 1.29 is 8.83 Å². The van der Waals surface area contributed by atoms with E-state index in [-0.39, 0.29) is 0 Å². The number of hydrogen-bond acceptors (Lipinski definition) is 4. The molecule has 0 aliphatic heterocycles. The SMILES string of the molecule is C/C=C\c1c(N)c2c3sc4c(ccc5c4c4ccccc4n5-c4ccc5oc6ccccc6c5c4)c3ccc2n1-c1ccc2oc3c(c2c1)C=CCC3. The summed E-state index contributed by atoms with van der Waals surface area (Å²) in [5.74, 6) is 1.07. The van der Waals surface area contributed by atoms with E-state index in [1.165, 1.54) is 47.5 Å². The Balaban J connectivity index is 1.13. The van der Waals surface area contributed by atoms with E-state index in [4.69, 9.17) is 14.6 Å². The van der Waals surface area contributed by atoms with Gasteiger partial charge in [-0.15, -0.1) is 11.3 Å². The molecule has 0 atom stereocenters. The van der Waals surface area contributed by atoms with E-state index in [9.17, 15) is 0 Å². The highest BCUT2D eigenvalue weighted by molar-refractivity contribution is 7.27. The Morgan fingerprint density at radius 3 is 2.13 bits per heavy atom. The van der Waals surface area contributed by atoms with Crippen LogP contribution in [0.5, 0.6) is 0 Å². The normalized spacial score (nSPS) is 13.5. The fraction of sp³-hybridized carbons (Fsp3) is 0.0638. The summed E-state index contributed by atoms with van der Waals surface area (Å²) in [5.41, 5.74) is 18.6. The molecule has 0 saturated heterocycles. The van der Waals surface area contributed by atoms with Gasteiger partial charge in [-0.1, -0.05) is 66.8 Å². The van der Waals surface area contributed by atoms with E-state index in [1.807, 2.05) is 23.5 Å². The third-order valence-electron chi connectivity index (χ3n) is 11.3. The molecule has 0 unspecified atom stereocenters. The number of furan rings is 2. The molecule has 11 aromatic rings. The number of thiophene rings is 1. The lowest BCUT2D eigenvalue weighted by Crippen LogP contribution is -1.98. The number of nitrogen functional groups attached to an aromatic ring is 1. The second-order valence-electron chi connectivity index (χ2n) is 14.1. The predicted molar refractivity (Wildman–Crippen MR) is 224 cm³/mol. The van der Waals surface area contributed by atoms with Gasteiger partial charge in [0.15, 0.2) is 0 Å². The topological polar surface area (TPSA) is 62.2 Å². The van der Waals surface area contributed by atoms with Gasteiger partial charge >= 0.3 is 0 Å². The molecular weight excluding hydrogens is 671 g/mol. The second-order valence-corrected chi connectivity index (χ2v) is 15.1. The number of nitrogens with zero attached hydrogens (tertiary/aromatic N) is 2. The average Bonchev–Trinajstić information content (AvgIpc) is 3.99. The summed E-state index contributed by atoms with van der Waals surface area (Å²) in [6.07, 6.45) is 10.6. The predicted octanol–water partition coefficient (Wildman–Crippen LogP) is 13.3. The summed E-state index contributed by atoms with van der Waals surface area (Å²) < 4.78 is 19.7. The van der Waals surface area contributed by atoms with Crippen molar-refractivity contribution in [1.82, 2.24) is 9.13 Å². The van der Waals surface area contributed by atoms with E-state index in [0.29, 0.717) is 0 Å². The molecule has 0 spiro atoms. The summed E-state index contributed by atoms with van der Waals surface area (Å²) in [7, 11) is 0. The fourth-order valence-corrected chi connectivity index (χ4v) is 10.4. The Hall–Kier alpha value is -6.50. The standard InChI is InChI=1S/C47H31N3O2S/c1-2-9-38-45(48)44-37(50(38)27-17-23-42-34(25-27)29-11-5-8-15-40(29)52-42)21-19-31-30-18-20-36-43(46(30)53-47(31)44)32-12-3-6-13-35(32)49(36)26-16-22-41-33(24-26)28-10-4-7-14-39(28)51-41/h2-7,9-14,16-25H,8,15,48H2,1H3/b9-2-. The number of aryl methyl sites for hydroxylation is 1. The number of aromatic nitrogens is 2. The van der Waals surface area contributed by atoms with Crippen molar-refractivity contribution in [3.05, 3.63) is 138 Å². The maximum Gasteiger partial charge on any atom is 0.135 e. The number of hydrogen-bond donors (Lipinski definition) is 1. The first-order chi connectivity index (χ1) is 26.2. The van der Waals surface area contributed by atoms with Crippen molar-refractivity contribution in [3.8, 4) is 11.4 Å². The molecule has 1 aliphatic carbocycles. The van der Waals surface area contributed by atoms with Gasteiger partial charge in [-0.25, -0.2) is 0 Å². The molecule has 0 saturated carbocycles. The number of nitrogens with two attached hydrogens (primary N) is 1. The molecule has 6 heteroatoms. The zero-order chi connectivity index (χ0) is 34.9. The van der Waals surface area contributed by atoms with Crippen LogP contribution in [0.25, 0.3) is 109 Å². The first-order valence-electron chi connectivity index (χ1n) is 18.1. The Labute approximate surface area is 307 Å². The first-order valence-corrected chi connectivity index (χ1v) is 19.0. The van der Waals surface area contributed by atoms with Crippen LogP contribution in [-0.2, 0) is 6.42 Å². The summed E-state index contributed by atoms with van der Waals surface area (Å²) >= 11 is 1.85. The molecule has 0 fully saturated rings. The molecule has 5 heterocycles. The van der Waals surface area contributed by atoms with Crippen molar-refractivity contribution >= 4 is 115 Å². The number of anilines is 1. The molecule has 5 nitrogen and oxygen atoms in total. The van der Waals surface area contributed by atoms with Crippen molar-refractivity contribution in [2.45, 2.75) is 19.8 Å². The minimum absolute atomic E-state index is 0.795. The van der Waals surface area contributed by atoms with Crippen LogP contribution in [-0.4, -0.2) is 9.13 Å². The Morgan fingerprint density at radius 2 is 1.30 bits per heavy atom. The molecular formula is C47H31N3O2S. The summed E-state index contributed by atoms with van der Waals surface area (Å²) in [6, 6.07) is 39.2. The average molecular weight is 702 g/mol. The quantitative estimate of drug-likeness (QED) is 0.199. The van der Waals surface area contributed by atoms with Crippen LogP contribution in [0, 0.1) is 0 Å². The van der Waals surface area contributed by atoms with Crippen LogP contribution in [0.1, 0.15) is 30.4 Å². The summed E-state index contributed by atoms with van der Waals surface area (Å²) in [6.45, 7) is 2.05. The lowest BCUT2D eigenvalue weighted by Gasteiger charge is -2.10. The summed E-state index contributed by atoms with van der Waals surface area (Å²) in [5, 5.41) is 9.46. The van der Waals surface area contributed by atoms with Crippen molar-refractivity contribution in [2.75, 3.05) is 5.73 Å². The highest BCUT2D eigenvalue weighted by Gasteiger charge is 2.23. The van der Waals surface area contributed by atoms with Crippen LogP contribution in [0.2, 0.25) is 0 Å². The molecule has 252 valence electrons. The third-order valence-corrected chi connectivity index (χ3v) is 12.5. The van der Waals surface area contributed by atoms with Crippen LogP contribution in [0.4, 0.5) is 5.69 Å². The smallest absolute Gasteiger partial charge is 0.135 e. The van der Waals surface area contributed by atoms with Crippen LogP contribution in [0.3, 0.4) is 0 Å². The van der Waals surface area contributed by atoms with Crippen molar-refractivity contribution in [3.63, 3.8) is 0 Å². The van der Waals surface area contributed by atoms with Crippen LogP contribution >= 0.6 is 11.3 Å². The molecule has 2 N–H and O–H groups in total. The van der Waals surface area contributed by atoms with Gasteiger partial charge in [0.25, 0.3) is 0 Å². The molecule has 0 radical (unpaired) electrons. The van der Waals surface area contributed by atoms with Crippen molar-refractivity contribution in [2.24, 2.45) is 0 Å². The van der Waals surface area contributed by atoms with Gasteiger partial charge in [-0.2, -0.15) is 0 Å².